The Morgan fingerprint density at radius 3 is 1.62 bits per heavy atom. The summed E-state index contributed by atoms with van der Waals surface area (Å²) in [4.78, 5) is 0. The van der Waals surface area contributed by atoms with Crippen molar-refractivity contribution in [2.24, 2.45) is 0 Å². The van der Waals surface area contributed by atoms with Crippen molar-refractivity contribution in [2.75, 3.05) is 11.1 Å². The van der Waals surface area contributed by atoms with Gasteiger partial charge in [-0.2, -0.15) is 0 Å². The van der Waals surface area contributed by atoms with Crippen molar-refractivity contribution in [3.8, 4) is 44.5 Å². The number of para-hydroxylation sites is 3. The molecule has 270 valence electrons. The summed E-state index contributed by atoms with van der Waals surface area (Å²) in [6.07, 6.45) is 0. The molecule has 2 heteroatoms. The molecule has 9 aromatic rings. The first-order chi connectivity index (χ1) is 27.4. The number of benzene rings is 9. The molecular formula is C54H44N2. The minimum atomic E-state index is -0.0698. The van der Waals surface area contributed by atoms with Gasteiger partial charge in [-0.3, -0.25) is 0 Å². The third kappa shape index (κ3) is 6.29. The highest BCUT2D eigenvalue weighted by molar-refractivity contribution is 6.23. The quantitative estimate of drug-likeness (QED) is 0.137. The van der Waals surface area contributed by atoms with Gasteiger partial charge in [-0.05, 0) is 127 Å². The topological polar surface area (TPSA) is 38.0 Å². The maximum Gasteiger partial charge on any atom is 0.0617 e. The number of nitrogens with one attached hydrogen (secondary N) is 1. The van der Waals surface area contributed by atoms with Crippen molar-refractivity contribution >= 4 is 38.6 Å². The van der Waals surface area contributed by atoms with Crippen molar-refractivity contribution in [1.29, 1.82) is 0 Å². The molecule has 0 radical (unpaired) electrons. The summed E-state index contributed by atoms with van der Waals surface area (Å²) < 4.78 is 0. The number of hydrogen-bond acceptors (Lipinski definition) is 2. The Balaban J connectivity index is 0.000000247. The second-order valence-corrected chi connectivity index (χ2v) is 15.3. The van der Waals surface area contributed by atoms with Crippen LogP contribution in [0.3, 0.4) is 0 Å². The summed E-state index contributed by atoms with van der Waals surface area (Å²) in [5, 5.41) is 8.44. The summed E-state index contributed by atoms with van der Waals surface area (Å²) in [7, 11) is 0. The minimum Gasteiger partial charge on any atom is -0.397 e. The smallest absolute Gasteiger partial charge is 0.0617 e. The number of fused-ring (bicyclic) bond motifs is 5. The van der Waals surface area contributed by atoms with Gasteiger partial charge in [0.1, 0.15) is 0 Å². The highest BCUT2D eigenvalue weighted by Crippen LogP contribution is 2.53. The zero-order valence-corrected chi connectivity index (χ0v) is 32.1. The summed E-state index contributed by atoms with van der Waals surface area (Å²) in [6.45, 7) is 6.90. The van der Waals surface area contributed by atoms with Gasteiger partial charge in [0.05, 0.1) is 11.4 Å². The van der Waals surface area contributed by atoms with Gasteiger partial charge < -0.3 is 11.1 Å². The Labute approximate surface area is 329 Å². The number of anilines is 3. The monoisotopic (exact) mass is 720 g/mol. The van der Waals surface area contributed by atoms with Crippen molar-refractivity contribution < 1.29 is 0 Å². The van der Waals surface area contributed by atoms with E-state index in [-0.39, 0.29) is 5.41 Å². The van der Waals surface area contributed by atoms with Crippen LogP contribution in [0.1, 0.15) is 30.5 Å². The molecule has 0 bridgehead atoms. The summed E-state index contributed by atoms with van der Waals surface area (Å²) >= 11 is 0. The van der Waals surface area contributed by atoms with Gasteiger partial charge in [0, 0.05) is 11.1 Å². The van der Waals surface area contributed by atoms with E-state index in [2.05, 4.69) is 166 Å². The van der Waals surface area contributed by atoms with Crippen molar-refractivity contribution in [2.45, 2.75) is 26.2 Å². The highest BCUT2D eigenvalue weighted by atomic mass is 14.9. The van der Waals surface area contributed by atoms with E-state index in [1.165, 1.54) is 82.7 Å². The van der Waals surface area contributed by atoms with Crippen LogP contribution in [0.4, 0.5) is 17.1 Å². The van der Waals surface area contributed by atoms with Crippen LogP contribution in [0.2, 0.25) is 0 Å². The van der Waals surface area contributed by atoms with Crippen LogP contribution in [0, 0.1) is 6.92 Å². The molecule has 0 atom stereocenters. The Kier molecular flexibility index (Phi) is 8.96. The lowest BCUT2D eigenvalue weighted by Gasteiger charge is -2.24. The van der Waals surface area contributed by atoms with E-state index in [0.717, 1.165) is 17.1 Å². The zero-order chi connectivity index (χ0) is 38.2. The number of aryl methyl sites for hydroxylation is 1. The number of hydrogen-bond donors (Lipinski definition) is 2. The fourth-order valence-electron chi connectivity index (χ4n) is 8.47. The van der Waals surface area contributed by atoms with Crippen LogP contribution in [-0.2, 0) is 5.41 Å². The largest absolute Gasteiger partial charge is 0.397 e. The average Bonchev–Trinajstić information content (AvgIpc) is 3.46. The molecule has 0 fully saturated rings. The Morgan fingerprint density at radius 1 is 0.411 bits per heavy atom. The Morgan fingerprint density at radius 2 is 0.946 bits per heavy atom. The molecule has 1 aliphatic carbocycles. The van der Waals surface area contributed by atoms with E-state index in [1.54, 1.807) is 0 Å². The lowest BCUT2D eigenvalue weighted by molar-refractivity contribution is 0.661. The first-order valence-corrected chi connectivity index (χ1v) is 19.4. The second-order valence-electron chi connectivity index (χ2n) is 15.3. The van der Waals surface area contributed by atoms with E-state index in [1.807, 2.05) is 54.6 Å². The number of rotatable bonds is 5. The van der Waals surface area contributed by atoms with Gasteiger partial charge in [0.25, 0.3) is 0 Å². The van der Waals surface area contributed by atoms with Gasteiger partial charge in [0.2, 0.25) is 0 Å². The predicted molar refractivity (Wildman–Crippen MR) is 241 cm³/mol. The van der Waals surface area contributed by atoms with E-state index in [0.29, 0.717) is 0 Å². The molecule has 56 heavy (non-hydrogen) atoms. The number of nitrogens with two attached hydrogens (primary N) is 1. The van der Waals surface area contributed by atoms with Gasteiger partial charge in [-0.1, -0.05) is 171 Å². The summed E-state index contributed by atoms with van der Waals surface area (Å²) in [6, 6.07) is 69.5. The first kappa shape index (κ1) is 34.8. The molecule has 0 saturated heterocycles. The lowest BCUT2D eigenvalue weighted by atomic mass is 9.79. The molecule has 3 N–H and O–H groups in total. The van der Waals surface area contributed by atoms with Crippen LogP contribution in [0.5, 0.6) is 0 Å². The molecule has 0 amide bonds. The molecule has 10 rings (SSSR count). The number of nitrogen functional groups attached to an aromatic ring is 1. The zero-order valence-electron chi connectivity index (χ0n) is 32.1. The fourth-order valence-corrected chi connectivity index (χ4v) is 8.47. The van der Waals surface area contributed by atoms with Gasteiger partial charge >= 0.3 is 0 Å². The molecule has 0 aromatic heterocycles. The van der Waals surface area contributed by atoms with Gasteiger partial charge in [0.15, 0.2) is 0 Å². The van der Waals surface area contributed by atoms with E-state index in [4.69, 9.17) is 5.73 Å². The lowest BCUT2D eigenvalue weighted by Crippen LogP contribution is -2.14. The van der Waals surface area contributed by atoms with E-state index in [9.17, 15) is 0 Å². The van der Waals surface area contributed by atoms with E-state index < -0.39 is 0 Å². The van der Waals surface area contributed by atoms with Crippen molar-refractivity contribution in [3.05, 3.63) is 211 Å². The summed E-state index contributed by atoms with van der Waals surface area (Å²) in [5.74, 6) is 0. The van der Waals surface area contributed by atoms with Crippen LogP contribution in [0.15, 0.2) is 194 Å². The predicted octanol–water partition coefficient (Wildman–Crippen LogP) is 14.6. The maximum absolute atomic E-state index is 5.81. The molecule has 1 aliphatic rings. The minimum absolute atomic E-state index is 0.0698. The standard InChI is InChI=1S/C42H32.C12H12N2/c1-27-18-20-28(21-19-27)31-22-23-33-35(24-31)41(30-14-8-5-9-15-30)37-26-39-34(32-16-10-11-17-38(32)42(39,2)3)25-36(37)40(33)29-12-6-4-7-13-29;13-11-8-4-5-9-12(11)14-10-6-2-1-3-7-10/h4-26H,1-3H3;1-9,14H,13H2. The van der Waals surface area contributed by atoms with Gasteiger partial charge in [-0.25, -0.2) is 0 Å². The van der Waals surface area contributed by atoms with Crippen molar-refractivity contribution in [3.63, 3.8) is 0 Å². The molecule has 0 unspecified atom stereocenters. The third-order valence-corrected chi connectivity index (χ3v) is 11.3. The Hall–Kier alpha value is -6.90. The average molecular weight is 721 g/mol. The molecule has 0 spiro atoms. The molecular weight excluding hydrogens is 677 g/mol. The highest BCUT2D eigenvalue weighted by Gasteiger charge is 2.36. The van der Waals surface area contributed by atoms with Crippen LogP contribution in [0.25, 0.3) is 66.1 Å². The third-order valence-electron chi connectivity index (χ3n) is 11.3. The Bertz CT molecular complexity index is 2840. The molecule has 9 aromatic carbocycles. The molecule has 0 heterocycles. The first-order valence-electron chi connectivity index (χ1n) is 19.4. The van der Waals surface area contributed by atoms with Gasteiger partial charge in [-0.15, -0.1) is 0 Å². The summed E-state index contributed by atoms with van der Waals surface area (Å²) in [5.41, 5.74) is 22.9. The normalized spacial score (nSPS) is 12.4. The molecule has 0 saturated carbocycles. The van der Waals surface area contributed by atoms with E-state index >= 15 is 0 Å². The SMILES string of the molecule is Cc1ccc(-c2ccc3c(-c4ccccc4)c4cc5c(cc4c(-c4ccccc4)c3c2)C(C)(C)c2ccccc2-5)cc1.Nc1ccccc1Nc1ccccc1. The molecule has 0 aliphatic heterocycles. The van der Waals surface area contributed by atoms with Crippen LogP contribution >= 0.6 is 0 Å². The maximum atomic E-state index is 5.81. The molecule has 2 nitrogen and oxygen atoms in total. The fraction of sp³-hybridized carbons (Fsp3) is 0.0741. The van der Waals surface area contributed by atoms with Crippen LogP contribution in [-0.4, -0.2) is 0 Å². The second kappa shape index (κ2) is 14.4. The van der Waals surface area contributed by atoms with Crippen molar-refractivity contribution in [1.82, 2.24) is 0 Å². The van der Waals surface area contributed by atoms with Crippen LogP contribution < -0.4 is 11.1 Å².